The van der Waals surface area contributed by atoms with E-state index in [-0.39, 0.29) is 35.2 Å². The molecule has 1 rings (SSSR count). The lowest BCUT2D eigenvalue weighted by atomic mass is 9.90. The normalized spacial score (nSPS) is 13.2. The SMILES string of the molecule is CC(C)CC(C)(CN)NC(=O)c1ccc(Cl)cc1[N+](=O)[O-].Cl. The lowest BCUT2D eigenvalue weighted by molar-refractivity contribution is -0.385. The largest absolute Gasteiger partial charge is 0.345 e. The molecule has 0 aliphatic carbocycles. The molecular weight excluding hydrogens is 329 g/mol. The van der Waals surface area contributed by atoms with Gasteiger partial charge in [-0.15, -0.1) is 12.4 Å². The zero-order chi connectivity index (χ0) is 16.2. The maximum atomic E-state index is 12.3. The van der Waals surface area contributed by atoms with E-state index in [4.69, 9.17) is 17.3 Å². The van der Waals surface area contributed by atoms with E-state index in [1.807, 2.05) is 20.8 Å². The summed E-state index contributed by atoms with van der Waals surface area (Å²) in [6.07, 6.45) is 0.677. The van der Waals surface area contributed by atoms with Crippen molar-refractivity contribution in [3.63, 3.8) is 0 Å². The molecule has 0 saturated heterocycles. The fourth-order valence-electron chi connectivity index (χ4n) is 2.28. The molecule has 8 heteroatoms. The van der Waals surface area contributed by atoms with Crippen LogP contribution in [-0.2, 0) is 0 Å². The van der Waals surface area contributed by atoms with Crippen molar-refractivity contribution in [1.82, 2.24) is 5.32 Å². The summed E-state index contributed by atoms with van der Waals surface area (Å²) < 4.78 is 0. The van der Waals surface area contributed by atoms with Crippen LogP contribution in [0, 0.1) is 16.0 Å². The van der Waals surface area contributed by atoms with Crippen molar-refractivity contribution in [2.24, 2.45) is 11.7 Å². The first kappa shape index (κ1) is 20.6. The maximum Gasteiger partial charge on any atom is 0.283 e. The summed E-state index contributed by atoms with van der Waals surface area (Å²) in [5.74, 6) is -0.189. The number of benzene rings is 1. The predicted octanol–water partition coefficient (Wildman–Crippen LogP) is 3.16. The Kier molecular flexibility index (Phi) is 7.79. The highest BCUT2D eigenvalue weighted by atomic mass is 35.5. The van der Waals surface area contributed by atoms with Gasteiger partial charge in [0, 0.05) is 23.2 Å². The second-order valence-electron chi connectivity index (χ2n) is 5.74. The van der Waals surface area contributed by atoms with Gasteiger partial charge in [-0.05, 0) is 31.4 Å². The lowest BCUT2D eigenvalue weighted by Crippen LogP contribution is -2.52. The van der Waals surface area contributed by atoms with Gasteiger partial charge in [-0.25, -0.2) is 0 Å². The minimum Gasteiger partial charge on any atom is -0.345 e. The Hall–Kier alpha value is -1.37. The first-order valence-corrected chi connectivity index (χ1v) is 7.03. The lowest BCUT2D eigenvalue weighted by Gasteiger charge is -2.31. The molecule has 0 bridgehead atoms. The molecular formula is C14H21Cl2N3O3. The Morgan fingerprint density at radius 1 is 1.50 bits per heavy atom. The van der Waals surface area contributed by atoms with Crippen LogP contribution in [0.2, 0.25) is 5.02 Å². The number of nitro groups is 1. The summed E-state index contributed by atoms with van der Waals surface area (Å²) in [5, 5.41) is 14.0. The summed E-state index contributed by atoms with van der Waals surface area (Å²) in [4.78, 5) is 22.7. The molecule has 1 atom stereocenters. The van der Waals surface area contributed by atoms with Crippen LogP contribution in [0.1, 0.15) is 37.6 Å². The number of amides is 1. The minimum atomic E-state index is -0.622. The summed E-state index contributed by atoms with van der Waals surface area (Å²) in [6, 6.07) is 3.96. The number of nitro benzene ring substituents is 1. The molecule has 0 aliphatic heterocycles. The molecule has 1 aromatic carbocycles. The molecule has 0 aromatic heterocycles. The van der Waals surface area contributed by atoms with Crippen LogP contribution in [0.15, 0.2) is 18.2 Å². The Bertz CT molecular complexity index is 552. The van der Waals surface area contributed by atoms with Crippen molar-refractivity contribution in [2.45, 2.75) is 32.7 Å². The van der Waals surface area contributed by atoms with E-state index in [1.165, 1.54) is 18.2 Å². The third kappa shape index (κ3) is 5.44. The number of hydrogen-bond donors (Lipinski definition) is 2. The molecule has 0 spiro atoms. The van der Waals surface area contributed by atoms with E-state index in [9.17, 15) is 14.9 Å². The van der Waals surface area contributed by atoms with Crippen molar-refractivity contribution >= 4 is 35.6 Å². The topological polar surface area (TPSA) is 98.3 Å². The first-order chi connectivity index (χ1) is 9.68. The van der Waals surface area contributed by atoms with Gasteiger partial charge in [-0.3, -0.25) is 14.9 Å². The smallest absolute Gasteiger partial charge is 0.283 e. The fourth-order valence-corrected chi connectivity index (χ4v) is 2.44. The second-order valence-corrected chi connectivity index (χ2v) is 6.17. The van der Waals surface area contributed by atoms with Crippen molar-refractivity contribution in [2.75, 3.05) is 6.54 Å². The number of rotatable bonds is 6. The van der Waals surface area contributed by atoms with Gasteiger partial charge in [0.15, 0.2) is 0 Å². The van der Waals surface area contributed by atoms with Gasteiger partial charge >= 0.3 is 0 Å². The van der Waals surface area contributed by atoms with Crippen molar-refractivity contribution in [3.8, 4) is 0 Å². The Labute approximate surface area is 141 Å². The molecule has 1 amide bonds. The second kappa shape index (κ2) is 8.31. The molecule has 0 fully saturated rings. The molecule has 6 nitrogen and oxygen atoms in total. The average Bonchev–Trinajstić information content (AvgIpc) is 2.37. The molecule has 1 aromatic rings. The standard InChI is InChI=1S/C14H20ClN3O3.ClH/c1-9(2)7-14(3,8-16)17-13(19)11-5-4-10(15)6-12(11)18(20)21;/h4-6,9H,7-8,16H2,1-3H3,(H,17,19);1H. The highest BCUT2D eigenvalue weighted by Gasteiger charge is 2.29. The van der Waals surface area contributed by atoms with Crippen molar-refractivity contribution in [3.05, 3.63) is 38.9 Å². The summed E-state index contributed by atoms with van der Waals surface area (Å²) >= 11 is 5.74. The zero-order valence-corrected chi connectivity index (χ0v) is 14.3. The monoisotopic (exact) mass is 349 g/mol. The Balaban J connectivity index is 0.00000441. The van der Waals surface area contributed by atoms with E-state index in [2.05, 4.69) is 5.32 Å². The number of nitrogens with one attached hydrogen (secondary N) is 1. The van der Waals surface area contributed by atoms with Gasteiger partial charge in [-0.2, -0.15) is 0 Å². The Morgan fingerprint density at radius 2 is 2.09 bits per heavy atom. The van der Waals surface area contributed by atoms with Gasteiger partial charge in [0.25, 0.3) is 11.6 Å². The zero-order valence-electron chi connectivity index (χ0n) is 12.8. The van der Waals surface area contributed by atoms with Gasteiger partial charge in [0.1, 0.15) is 5.56 Å². The molecule has 0 saturated carbocycles. The van der Waals surface area contributed by atoms with E-state index in [0.29, 0.717) is 12.3 Å². The first-order valence-electron chi connectivity index (χ1n) is 6.65. The molecule has 0 radical (unpaired) electrons. The Morgan fingerprint density at radius 3 is 2.55 bits per heavy atom. The highest BCUT2D eigenvalue weighted by Crippen LogP contribution is 2.24. The predicted molar refractivity (Wildman–Crippen MR) is 89.7 cm³/mol. The number of hydrogen-bond acceptors (Lipinski definition) is 4. The minimum absolute atomic E-state index is 0. The van der Waals surface area contributed by atoms with Crippen LogP contribution >= 0.6 is 24.0 Å². The van der Waals surface area contributed by atoms with Crippen LogP contribution in [-0.4, -0.2) is 22.9 Å². The van der Waals surface area contributed by atoms with Crippen molar-refractivity contribution < 1.29 is 9.72 Å². The van der Waals surface area contributed by atoms with Crippen LogP contribution in [0.4, 0.5) is 5.69 Å². The molecule has 1 unspecified atom stereocenters. The van der Waals surface area contributed by atoms with Crippen LogP contribution < -0.4 is 11.1 Å². The van der Waals surface area contributed by atoms with Crippen LogP contribution in [0.3, 0.4) is 0 Å². The summed E-state index contributed by atoms with van der Waals surface area (Å²) in [6.45, 7) is 6.11. The third-order valence-electron chi connectivity index (χ3n) is 3.13. The van der Waals surface area contributed by atoms with Crippen LogP contribution in [0.25, 0.3) is 0 Å². The van der Waals surface area contributed by atoms with E-state index >= 15 is 0 Å². The van der Waals surface area contributed by atoms with E-state index in [0.717, 1.165) is 0 Å². The van der Waals surface area contributed by atoms with Gasteiger partial charge in [0.2, 0.25) is 0 Å². The van der Waals surface area contributed by atoms with Gasteiger partial charge in [0.05, 0.1) is 4.92 Å². The fraction of sp³-hybridized carbons (Fsp3) is 0.500. The summed E-state index contributed by atoms with van der Waals surface area (Å²) in [5.41, 5.74) is 4.79. The van der Waals surface area contributed by atoms with Crippen LogP contribution in [0.5, 0.6) is 0 Å². The van der Waals surface area contributed by atoms with Gasteiger partial charge < -0.3 is 11.1 Å². The van der Waals surface area contributed by atoms with E-state index < -0.39 is 16.4 Å². The van der Waals surface area contributed by atoms with Crippen molar-refractivity contribution in [1.29, 1.82) is 0 Å². The highest BCUT2D eigenvalue weighted by molar-refractivity contribution is 6.31. The average molecular weight is 350 g/mol. The maximum absolute atomic E-state index is 12.3. The summed E-state index contributed by atoms with van der Waals surface area (Å²) in [7, 11) is 0. The molecule has 0 heterocycles. The van der Waals surface area contributed by atoms with E-state index in [1.54, 1.807) is 0 Å². The number of carbonyl (C=O) groups excluding carboxylic acids is 1. The molecule has 3 N–H and O–H groups in total. The van der Waals surface area contributed by atoms with Gasteiger partial charge in [-0.1, -0.05) is 25.4 Å². The quantitative estimate of drug-likeness (QED) is 0.608. The number of nitrogens with zero attached hydrogens (tertiary/aromatic N) is 1. The number of carbonyl (C=O) groups is 1. The molecule has 22 heavy (non-hydrogen) atoms. The third-order valence-corrected chi connectivity index (χ3v) is 3.36. The number of nitrogens with two attached hydrogens (primary N) is 1. The molecule has 124 valence electrons. The number of halogens is 2. The molecule has 0 aliphatic rings.